The summed E-state index contributed by atoms with van der Waals surface area (Å²) < 4.78 is 23.5. The lowest BCUT2D eigenvalue weighted by atomic mass is 10.1. The number of carbonyl (C=O) groups excluding carboxylic acids is 1. The summed E-state index contributed by atoms with van der Waals surface area (Å²) in [5.41, 5.74) is 0.915. The molecule has 0 unspecified atom stereocenters. The molecule has 0 saturated carbocycles. The third-order valence-electron chi connectivity index (χ3n) is 3.51. The van der Waals surface area contributed by atoms with Crippen molar-refractivity contribution in [3.8, 4) is 0 Å². The first-order valence-electron chi connectivity index (χ1n) is 7.26. The van der Waals surface area contributed by atoms with E-state index >= 15 is 0 Å². The topological polar surface area (TPSA) is 118 Å². The fourth-order valence-corrected chi connectivity index (χ4v) is 3.13. The Labute approximate surface area is 144 Å². The van der Waals surface area contributed by atoms with Crippen LogP contribution in [0, 0.1) is 10.1 Å². The lowest BCUT2D eigenvalue weighted by molar-refractivity contribution is -0.386. The van der Waals surface area contributed by atoms with E-state index in [0.29, 0.717) is 5.56 Å². The van der Waals surface area contributed by atoms with E-state index in [1.807, 2.05) is 0 Å². The molecule has 0 aliphatic rings. The van der Waals surface area contributed by atoms with Crippen molar-refractivity contribution in [2.45, 2.75) is 11.4 Å². The third kappa shape index (κ3) is 4.32. The van der Waals surface area contributed by atoms with Gasteiger partial charge in [-0.2, -0.15) is 0 Å². The van der Waals surface area contributed by atoms with E-state index in [4.69, 9.17) is 0 Å². The zero-order valence-electron chi connectivity index (χ0n) is 13.6. The van der Waals surface area contributed by atoms with Crippen molar-refractivity contribution in [2.75, 3.05) is 18.6 Å². The quantitative estimate of drug-likeness (QED) is 0.598. The van der Waals surface area contributed by atoms with Crippen molar-refractivity contribution in [1.82, 2.24) is 5.32 Å². The molecule has 0 spiro atoms. The number of anilines is 1. The highest BCUT2D eigenvalue weighted by molar-refractivity contribution is 7.90. The Hall–Kier alpha value is -2.94. The molecule has 1 amide bonds. The van der Waals surface area contributed by atoms with Crippen LogP contribution < -0.4 is 10.6 Å². The molecule has 0 aliphatic heterocycles. The molecule has 2 aromatic rings. The number of hydrogen-bond donors (Lipinski definition) is 2. The van der Waals surface area contributed by atoms with Crippen molar-refractivity contribution in [3.05, 3.63) is 63.7 Å². The minimum atomic E-state index is -3.73. The van der Waals surface area contributed by atoms with Crippen LogP contribution in [0.3, 0.4) is 0 Å². The molecule has 2 rings (SSSR count). The Morgan fingerprint density at radius 2 is 1.80 bits per heavy atom. The van der Waals surface area contributed by atoms with E-state index in [-0.39, 0.29) is 23.0 Å². The van der Waals surface area contributed by atoms with Crippen LogP contribution in [-0.2, 0) is 16.4 Å². The van der Waals surface area contributed by atoms with E-state index in [1.54, 1.807) is 24.3 Å². The summed E-state index contributed by atoms with van der Waals surface area (Å²) in [5, 5.41) is 16.7. The van der Waals surface area contributed by atoms with E-state index < -0.39 is 20.4 Å². The second-order valence-electron chi connectivity index (χ2n) is 5.31. The van der Waals surface area contributed by atoms with E-state index in [9.17, 15) is 23.3 Å². The van der Waals surface area contributed by atoms with Crippen molar-refractivity contribution in [1.29, 1.82) is 0 Å². The van der Waals surface area contributed by atoms with Crippen LogP contribution in [0.1, 0.15) is 15.9 Å². The van der Waals surface area contributed by atoms with Gasteiger partial charge < -0.3 is 10.6 Å². The molecule has 0 bridgehead atoms. The number of nitro benzene ring substituents is 1. The average Bonchev–Trinajstić information content (AvgIpc) is 2.58. The molecule has 2 aromatic carbocycles. The number of carbonyl (C=O) groups is 1. The Morgan fingerprint density at radius 1 is 1.16 bits per heavy atom. The minimum Gasteiger partial charge on any atom is -0.375 e. The molecule has 0 aliphatic carbocycles. The normalized spacial score (nSPS) is 11.0. The SMILES string of the molecule is CNC(=O)c1ccc(CNc2cccc(S(C)(=O)=O)c2[N+](=O)[O-])cc1. The number of benzene rings is 2. The van der Waals surface area contributed by atoms with Gasteiger partial charge >= 0.3 is 5.69 Å². The predicted molar refractivity (Wildman–Crippen MR) is 93.4 cm³/mol. The molecule has 0 heterocycles. The number of nitro groups is 1. The summed E-state index contributed by atoms with van der Waals surface area (Å²) in [6, 6.07) is 10.8. The number of hydrogen-bond acceptors (Lipinski definition) is 6. The van der Waals surface area contributed by atoms with Gasteiger partial charge in [0.25, 0.3) is 5.91 Å². The van der Waals surface area contributed by atoms with Crippen LogP contribution in [0.15, 0.2) is 47.4 Å². The minimum absolute atomic E-state index is 0.114. The van der Waals surface area contributed by atoms with E-state index in [0.717, 1.165) is 11.8 Å². The molecule has 25 heavy (non-hydrogen) atoms. The van der Waals surface area contributed by atoms with Crippen LogP contribution in [0.5, 0.6) is 0 Å². The summed E-state index contributed by atoms with van der Waals surface area (Å²) in [5.74, 6) is -0.212. The van der Waals surface area contributed by atoms with E-state index in [2.05, 4.69) is 10.6 Å². The van der Waals surface area contributed by atoms with Crippen molar-refractivity contribution >= 4 is 27.1 Å². The Kier molecular flexibility index (Phi) is 5.38. The molecular weight excluding hydrogens is 346 g/mol. The summed E-state index contributed by atoms with van der Waals surface area (Å²) in [6.07, 6.45) is 0.927. The van der Waals surface area contributed by atoms with Gasteiger partial charge in [-0.15, -0.1) is 0 Å². The van der Waals surface area contributed by atoms with Gasteiger partial charge in [0, 0.05) is 25.4 Å². The highest BCUT2D eigenvalue weighted by Crippen LogP contribution is 2.32. The van der Waals surface area contributed by atoms with Gasteiger partial charge in [-0.25, -0.2) is 8.42 Å². The first-order chi connectivity index (χ1) is 11.7. The molecule has 0 aromatic heterocycles. The van der Waals surface area contributed by atoms with Gasteiger partial charge in [0.15, 0.2) is 9.84 Å². The molecule has 0 fully saturated rings. The Balaban J connectivity index is 2.26. The van der Waals surface area contributed by atoms with Crippen LogP contribution in [0.4, 0.5) is 11.4 Å². The predicted octanol–water partition coefficient (Wildman–Crippen LogP) is 1.97. The second-order valence-corrected chi connectivity index (χ2v) is 7.30. The fourth-order valence-electron chi connectivity index (χ4n) is 2.27. The van der Waals surface area contributed by atoms with Gasteiger partial charge in [0.1, 0.15) is 10.6 Å². The van der Waals surface area contributed by atoms with Crippen LogP contribution in [-0.4, -0.2) is 32.6 Å². The molecule has 0 atom stereocenters. The smallest absolute Gasteiger partial charge is 0.310 e. The maximum absolute atomic E-state index is 11.7. The molecule has 2 N–H and O–H groups in total. The highest BCUT2D eigenvalue weighted by Gasteiger charge is 2.25. The number of nitrogens with one attached hydrogen (secondary N) is 2. The summed E-state index contributed by atoms with van der Waals surface area (Å²) in [4.78, 5) is 21.8. The molecule has 8 nitrogen and oxygen atoms in total. The summed E-state index contributed by atoms with van der Waals surface area (Å²) in [7, 11) is -2.19. The summed E-state index contributed by atoms with van der Waals surface area (Å²) >= 11 is 0. The zero-order chi connectivity index (χ0) is 18.6. The first-order valence-corrected chi connectivity index (χ1v) is 9.15. The molecule has 0 radical (unpaired) electrons. The van der Waals surface area contributed by atoms with Gasteiger partial charge in [0.05, 0.1) is 4.92 Å². The number of nitrogens with zero attached hydrogens (tertiary/aromatic N) is 1. The van der Waals surface area contributed by atoms with Crippen LogP contribution >= 0.6 is 0 Å². The standard InChI is InChI=1S/C16H17N3O5S/c1-17-16(20)12-8-6-11(7-9-12)10-18-13-4-3-5-14(25(2,23)24)15(13)19(21)22/h3-9,18H,10H2,1-2H3,(H,17,20). The van der Waals surface area contributed by atoms with Crippen molar-refractivity contribution in [2.24, 2.45) is 0 Å². The van der Waals surface area contributed by atoms with Crippen LogP contribution in [0.25, 0.3) is 0 Å². The van der Waals surface area contributed by atoms with Crippen molar-refractivity contribution < 1.29 is 18.1 Å². The van der Waals surface area contributed by atoms with Crippen molar-refractivity contribution in [3.63, 3.8) is 0 Å². The monoisotopic (exact) mass is 363 g/mol. The lowest BCUT2D eigenvalue weighted by Gasteiger charge is -2.10. The molecule has 132 valence electrons. The number of para-hydroxylation sites is 1. The highest BCUT2D eigenvalue weighted by atomic mass is 32.2. The second kappa shape index (κ2) is 7.31. The van der Waals surface area contributed by atoms with Gasteiger partial charge in [-0.1, -0.05) is 18.2 Å². The first kappa shape index (κ1) is 18.4. The number of amides is 1. The zero-order valence-corrected chi connectivity index (χ0v) is 14.5. The van der Waals surface area contributed by atoms with E-state index in [1.165, 1.54) is 25.2 Å². The third-order valence-corrected chi connectivity index (χ3v) is 4.64. The van der Waals surface area contributed by atoms with Crippen LogP contribution in [0.2, 0.25) is 0 Å². The molecular formula is C16H17N3O5S. The molecule has 9 heteroatoms. The lowest BCUT2D eigenvalue weighted by Crippen LogP contribution is -2.17. The number of rotatable bonds is 6. The average molecular weight is 363 g/mol. The Bertz CT molecular complexity index is 908. The maximum atomic E-state index is 11.7. The fraction of sp³-hybridized carbons (Fsp3) is 0.188. The van der Waals surface area contributed by atoms with Gasteiger partial charge in [-0.3, -0.25) is 14.9 Å². The van der Waals surface area contributed by atoms with Gasteiger partial charge in [0.2, 0.25) is 0 Å². The maximum Gasteiger partial charge on any atom is 0.310 e. The summed E-state index contributed by atoms with van der Waals surface area (Å²) in [6.45, 7) is 0.238. The largest absolute Gasteiger partial charge is 0.375 e. The van der Waals surface area contributed by atoms with Gasteiger partial charge in [-0.05, 0) is 29.8 Å². The molecule has 0 saturated heterocycles. The number of sulfone groups is 1. The Morgan fingerprint density at radius 3 is 2.32 bits per heavy atom.